The van der Waals surface area contributed by atoms with E-state index in [9.17, 15) is 14.7 Å². The molecule has 4 rings (SSSR count). The Morgan fingerprint density at radius 3 is 2.33 bits per heavy atom. The van der Waals surface area contributed by atoms with Gasteiger partial charge in [-0.1, -0.05) is 0 Å². The maximum atomic E-state index is 12.9. The fourth-order valence-corrected chi connectivity index (χ4v) is 5.02. The highest BCUT2D eigenvalue weighted by Crippen LogP contribution is 2.39. The zero-order valence-corrected chi connectivity index (χ0v) is 18.3. The zero-order chi connectivity index (χ0) is 21.4. The average Bonchev–Trinajstić information content (AvgIpc) is 2.98. The molecule has 2 fully saturated rings. The van der Waals surface area contributed by atoms with Crippen LogP contribution in [0.1, 0.15) is 38.3 Å². The molecule has 1 unspecified atom stereocenters. The molecule has 2 amide bonds. The molecule has 0 radical (unpaired) electrons. The van der Waals surface area contributed by atoms with Crippen LogP contribution in [-0.4, -0.2) is 77.8 Å². The highest BCUT2D eigenvalue weighted by Gasteiger charge is 2.37. The number of nitrogens with zero attached hydrogens (tertiary/aromatic N) is 5. The Hall–Kier alpha value is -2.35. The van der Waals surface area contributed by atoms with Gasteiger partial charge in [0.05, 0.1) is 5.69 Å². The minimum Gasteiger partial charge on any atom is -0.356 e. The number of piperazine rings is 1. The number of carbonyl (C=O) groups is 2. The van der Waals surface area contributed by atoms with E-state index in [1.54, 1.807) is 6.92 Å². The lowest BCUT2D eigenvalue weighted by molar-refractivity contribution is -0.142. The van der Waals surface area contributed by atoms with Gasteiger partial charge in [-0.15, -0.1) is 0 Å². The van der Waals surface area contributed by atoms with Crippen molar-refractivity contribution in [2.75, 3.05) is 49.6 Å². The molecule has 2 aliphatic heterocycles. The van der Waals surface area contributed by atoms with Crippen LogP contribution in [0.15, 0.2) is 12.1 Å². The molecule has 8 heteroatoms. The molecule has 3 heterocycles. The van der Waals surface area contributed by atoms with E-state index >= 15 is 0 Å². The molecule has 1 aromatic heterocycles. The van der Waals surface area contributed by atoms with Crippen LogP contribution in [0.4, 0.5) is 11.5 Å². The van der Waals surface area contributed by atoms with Crippen LogP contribution in [0.3, 0.4) is 0 Å². The number of aromatic nitrogens is 1. The molecule has 1 atom stereocenters. The third-order valence-corrected chi connectivity index (χ3v) is 6.96. The second-order valence-electron chi connectivity index (χ2n) is 8.95. The normalized spacial score (nSPS) is 26.7. The Bertz CT molecular complexity index is 800. The van der Waals surface area contributed by atoms with Crippen LogP contribution in [0.25, 0.3) is 0 Å². The van der Waals surface area contributed by atoms with Crippen molar-refractivity contribution in [3.8, 4) is 0 Å². The molecule has 1 aliphatic carbocycles. The third kappa shape index (κ3) is 3.97. The van der Waals surface area contributed by atoms with E-state index in [0.29, 0.717) is 32.1 Å². The molecule has 164 valence electrons. The number of aliphatic hydroxyl groups excluding tert-OH is 1. The van der Waals surface area contributed by atoms with Gasteiger partial charge < -0.3 is 24.7 Å². The largest absolute Gasteiger partial charge is 0.356 e. The first kappa shape index (κ1) is 20.9. The van der Waals surface area contributed by atoms with E-state index in [2.05, 4.69) is 4.98 Å². The highest BCUT2D eigenvalue weighted by atomic mass is 16.3. The Morgan fingerprint density at radius 2 is 1.70 bits per heavy atom. The first-order valence-electron chi connectivity index (χ1n) is 11.0. The maximum Gasteiger partial charge on any atom is 0.225 e. The monoisotopic (exact) mass is 415 g/mol. The Labute approximate surface area is 178 Å². The van der Waals surface area contributed by atoms with E-state index in [0.717, 1.165) is 49.4 Å². The van der Waals surface area contributed by atoms with Gasteiger partial charge >= 0.3 is 0 Å². The number of fused-ring (bicyclic) bond motifs is 1. The van der Waals surface area contributed by atoms with Crippen molar-refractivity contribution in [2.24, 2.45) is 11.8 Å². The number of pyridine rings is 1. The summed E-state index contributed by atoms with van der Waals surface area (Å²) in [6.07, 6.45) is 3.07. The van der Waals surface area contributed by atoms with E-state index in [4.69, 9.17) is 0 Å². The van der Waals surface area contributed by atoms with Crippen molar-refractivity contribution < 1.29 is 14.7 Å². The smallest absolute Gasteiger partial charge is 0.225 e. The van der Waals surface area contributed by atoms with Gasteiger partial charge in [0, 0.05) is 58.3 Å². The summed E-state index contributed by atoms with van der Waals surface area (Å²) >= 11 is 0. The summed E-state index contributed by atoms with van der Waals surface area (Å²) in [5.74, 6) is 1.72. The van der Waals surface area contributed by atoms with Gasteiger partial charge in [0.25, 0.3) is 0 Å². The molecule has 1 saturated carbocycles. The van der Waals surface area contributed by atoms with Gasteiger partial charge in [0.15, 0.2) is 5.82 Å². The van der Waals surface area contributed by atoms with Crippen molar-refractivity contribution in [1.29, 1.82) is 0 Å². The van der Waals surface area contributed by atoms with Gasteiger partial charge in [0.1, 0.15) is 0 Å². The molecule has 30 heavy (non-hydrogen) atoms. The molecule has 0 spiro atoms. The standard InChI is InChI=1S/C22H33N5O3/c1-15-4-9-19-20(23-15)27(22(30)24(19)3)14-17-5-7-18(8-6-17)21(29)26-12-10-25(11-13-26)16(2)28/h4,9,17-18,22,30H,5-8,10-14H2,1-3H3. The summed E-state index contributed by atoms with van der Waals surface area (Å²) in [4.78, 5) is 36.7. The number of amides is 2. The van der Waals surface area contributed by atoms with Crippen LogP contribution in [0.5, 0.6) is 0 Å². The Balaban J connectivity index is 1.31. The summed E-state index contributed by atoms with van der Waals surface area (Å²) in [5.41, 5.74) is 1.90. The summed E-state index contributed by atoms with van der Waals surface area (Å²) in [6.45, 7) is 6.89. The fraction of sp³-hybridized carbons (Fsp3) is 0.682. The topological polar surface area (TPSA) is 80.2 Å². The van der Waals surface area contributed by atoms with E-state index in [1.165, 1.54) is 0 Å². The number of anilines is 2. The quantitative estimate of drug-likeness (QED) is 0.804. The minimum atomic E-state index is -0.689. The molecule has 1 N–H and O–H groups in total. The van der Waals surface area contributed by atoms with Crippen LogP contribution >= 0.6 is 0 Å². The number of carbonyl (C=O) groups excluding carboxylic acids is 2. The number of hydrogen-bond acceptors (Lipinski definition) is 6. The minimum absolute atomic E-state index is 0.0867. The summed E-state index contributed by atoms with van der Waals surface area (Å²) in [5, 5.41) is 10.7. The van der Waals surface area contributed by atoms with Crippen molar-refractivity contribution in [2.45, 2.75) is 45.9 Å². The number of rotatable bonds is 3. The van der Waals surface area contributed by atoms with Crippen LogP contribution in [0.2, 0.25) is 0 Å². The van der Waals surface area contributed by atoms with Crippen molar-refractivity contribution in [3.63, 3.8) is 0 Å². The van der Waals surface area contributed by atoms with E-state index < -0.39 is 6.35 Å². The molecule has 0 bridgehead atoms. The van der Waals surface area contributed by atoms with Gasteiger partial charge in [-0.25, -0.2) is 4.98 Å². The molecule has 3 aliphatic rings. The number of aryl methyl sites for hydroxylation is 1. The van der Waals surface area contributed by atoms with Gasteiger partial charge in [-0.05, 0) is 50.7 Å². The first-order valence-corrected chi connectivity index (χ1v) is 11.0. The lowest BCUT2D eigenvalue weighted by atomic mass is 9.81. The SMILES string of the molecule is CC(=O)N1CCN(C(=O)C2CCC(CN3c4nc(C)ccc4N(C)C3O)CC2)CC1. The van der Waals surface area contributed by atoms with Gasteiger partial charge in [-0.3, -0.25) is 9.59 Å². The van der Waals surface area contributed by atoms with Crippen molar-refractivity contribution in [3.05, 3.63) is 17.8 Å². The zero-order valence-electron chi connectivity index (χ0n) is 18.3. The predicted octanol–water partition coefficient (Wildman–Crippen LogP) is 1.42. The highest BCUT2D eigenvalue weighted by molar-refractivity contribution is 5.80. The van der Waals surface area contributed by atoms with E-state index in [1.807, 2.05) is 45.7 Å². The molecule has 1 saturated heterocycles. The second-order valence-corrected chi connectivity index (χ2v) is 8.95. The second kappa shape index (κ2) is 8.41. The molecule has 8 nitrogen and oxygen atoms in total. The van der Waals surface area contributed by atoms with Crippen LogP contribution in [0, 0.1) is 18.8 Å². The Kier molecular flexibility index (Phi) is 5.86. The molecule has 0 aromatic carbocycles. The maximum absolute atomic E-state index is 12.9. The van der Waals surface area contributed by atoms with E-state index in [-0.39, 0.29) is 17.7 Å². The molecular formula is C22H33N5O3. The fourth-order valence-electron chi connectivity index (χ4n) is 5.02. The summed E-state index contributed by atoms with van der Waals surface area (Å²) < 4.78 is 0. The average molecular weight is 416 g/mol. The molecule has 1 aromatic rings. The lowest BCUT2D eigenvalue weighted by Gasteiger charge is -2.38. The third-order valence-electron chi connectivity index (χ3n) is 6.96. The summed E-state index contributed by atoms with van der Waals surface area (Å²) in [7, 11) is 1.89. The first-order chi connectivity index (χ1) is 14.3. The Morgan fingerprint density at radius 1 is 1.07 bits per heavy atom. The van der Waals surface area contributed by atoms with Gasteiger partial charge in [-0.2, -0.15) is 0 Å². The van der Waals surface area contributed by atoms with Gasteiger partial charge in [0.2, 0.25) is 18.2 Å². The number of hydrogen-bond donors (Lipinski definition) is 1. The lowest BCUT2D eigenvalue weighted by Crippen LogP contribution is -2.52. The summed E-state index contributed by atoms with van der Waals surface area (Å²) in [6, 6.07) is 3.99. The van der Waals surface area contributed by atoms with Crippen LogP contribution < -0.4 is 9.80 Å². The molecular weight excluding hydrogens is 382 g/mol. The van der Waals surface area contributed by atoms with Crippen molar-refractivity contribution in [1.82, 2.24) is 14.8 Å². The number of aliphatic hydroxyl groups is 1. The van der Waals surface area contributed by atoms with Crippen LogP contribution in [-0.2, 0) is 9.59 Å². The predicted molar refractivity (Wildman–Crippen MR) is 115 cm³/mol. The van der Waals surface area contributed by atoms with Crippen molar-refractivity contribution >= 4 is 23.3 Å².